The van der Waals surface area contributed by atoms with Gasteiger partial charge in [0, 0.05) is 13.0 Å². The maximum Gasteiger partial charge on any atom is 0.243 e. The van der Waals surface area contributed by atoms with Crippen LogP contribution in [0.25, 0.3) is 0 Å². The van der Waals surface area contributed by atoms with E-state index in [2.05, 4.69) is 17.5 Å². The smallest absolute Gasteiger partial charge is 0.243 e. The van der Waals surface area contributed by atoms with Crippen LogP contribution >= 0.6 is 0 Å². The van der Waals surface area contributed by atoms with Gasteiger partial charge in [-0.05, 0) is 41.2 Å². The number of allylic oxidation sites excluding steroid dienone is 2. The molecule has 0 radical (unpaired) electrons. The molecule has 3 fully saturated rings. The Balaban J connectivity index is 1.29. The highest BCUT2D eigenvalue weighted by atomic mass is 16.2. The van der Waals surface area contributed by atoms with Crippen molar-refractivity contribution in [3.8, 4) is 0 Å². The molecule has 32 heavy (non-hydrogen) atoms. The Hall–Kier alpha value is -3.21. The van der Waals surface area contributed by atoms with Crippen LogP contribution in [0.1, 0.15) is 17.5 Å². The Morgan fingerprint density at radius 2 is 1.38 bits per heavy atom. The van der Waals surface area contributed by atoms with Crippen molar-refractivity contribution < 1.29 is 14.4 Å². The zero-order valence-corrected chi connectivity index (χ0v) is 17.8. The topological polar surface area (TPSA) is 66.5 Å². The van der Waals surface area contributed by atoms with Gasteiger partial charge in [-0.2, -0.15) is 0 Å². The molecule has 2 aromatic rings. The van der Waals surface area contributed by atoms with Gasteiger partial charge < -0.3 is 5.32 Å². The van der Waals surface area contributed by atoms with Crippen LogP contribution in [0.5, 0.6) is 0 Å². The van der Waals surface area contributed by atoms with Crippen LogP contribution in [-0.4, -0.2) is 28.7 Å². The highest BCUT2D eigenvalue weighted by Gasteiger charge is 2.67. The molecule has 5 aliphatic rings. The normalized spacial score (nSPS) is 32.4. The van der Waals surface area contributed by atoms with Crippen molar-refractivity contribution in [1.82, 2.24) is 10.2 Å². The van der Waals surface area contributed by atoms with Gasteiger partial charge in [-0.3, -0.25) is 19.3 Å². The Morgan fingerprint density at radius 1 is 0.844 bits per heavy atom. The molecule has 2 bridgehead atoms. The van der Waals surface area contributed by atoms with Crippen LogP contribution in [0.4, 0.5) is 0 Å². The summed E-state index contributed by atoms with van der Waals surface area (Å²) in [6.45, 7) is 0.366. The standard InChI is InChI=1S/C27H26N2O3/c30-25(28-15-17-9-5-2-6-10-17)22(13-16-7-3-1-4-8-16)29-26(31)23-18-11-12-19(21-14-20(18)21)24(23)27(29)32/h1-12,18-24H,13-15H2,(H,28,30)/t18-,19-,20-,21-,22-,23-,24+/m1/s1. The van der Waals surface area contributed by atoms with Gasteiger partial charge in [-0.25, -0.2) is 0 Å². The van der Waals surface area contributed by atoms with E-state index in [-0.39, 0.29) is 41.4 Å². The Kier molecular flexibility index (Phi) is 4.53. The quantitative estimate of drug-likeness (QED) is 0.571. The first kappa shape index (κ1) is 19.5. The SMILES string of the molecule is O=C(NCc1ccccc1)[C@@H](Cc1ccccc1)N1C(=O)[C@@H]2[C@@H]3C=C[C@H]([C@H]4C[C@H]34)[C@@H]2C1=O. The number of amides is 3. The fourth-order valence-electron chi connectivity index (χ4n) is 6.33. The van der Waals surface area contributed by atoms with E-state index >= 15 is 0 Å². The molecule has 3 amide bonds. The Bertz CT molecular complexity index is 1060. The molecule has 5 heteroatoms. The zero-order chi connectivity index (χ0) is 21.8. The van der Waals surface area contributed by atoms with Gasteiger partial charge >= 0.3 is 0 Å². The molecule has 0 spiro atoms. The minimum absolute atomic E-state index is 0.152. The van der Waals surface area contributed by atoms with E-state index in [0.717, 1.165) is 17.5 Å². The van der Waals surface area contributed by atoms with Crippen molar-refractivity contribution in [1.29, 1.82) is 0 Å². The minimum atomic E-state index is -0.831. The van der Waals surface area contributed by atoms with Gasteiger partial charge in [0.2, 0.25) is 17.7 Å². The fraction of sp³-hybridized carbons (Fsp3) is 0.370. The van der Waals surface area contributed by atoms with E-state index in [1.165, 1.54) is 4.90 Å². The third-order valence-electron chi connectivity index (χ3n) is 7.89. The number of rotatable bonds is 6. The van der Waals surface area contributed by atoms with E-state index in [0.29, 0.717) is 24.8 Å². The van der Waals surface area contributed by atoms with Crippen molar-refractivity contribution in [3.63, 3.8) is 0 Å². The Labute approximate surface area is 187 Å². The van der Waals surface area contributed by atoms with Crippen LogP contribution in [0.2, 0.25) is 0 Å². The molecule has 4 aliphatic carbocycles. The molecule has 7 atom stereocenters. The molecule has 0 aromatic heterocycles. The van der Waals surface area contributed by atoms with Crippen LogP contribution in [0.3, 0.4) is 0 Å². The average molecular weight is 427 g/mol. The summed E-state index contributed by atoms with van der Waals surface area (Å²) in [7, 11) is 0. The first-order valence-electron chi connectivity index (χ1n) is 11.5. The molecular formula is C27H26N2O3. The van der Waals surface area contributed by atoms with Crippen LogP contribution < -0.4 is 5.32 Å². The minimum Gasteiger partial charge on any atom is -0.350 e. The van der Waals surface area contributed by atoms with Gasteiger partial charge in [0.1, 0.15) is 6.04 Å². The number of nitrogens with one attached hydrogen (secondary N) is 1. The fourth-order valence-corrected chi connectivity index (χ4v) is 6.33. The number of nitrogens with zero attached hydrogens (tertiary/aromatic N) is 1. The lowest BCUT2D eigenvalue weighted by molar-refractivity contribution is -0.148. The van der Waals surface area contributed by atoms with E-state index in [9.17, 15) is 14.4 Å². The molecule has 2 aromatic carbocycles. The number of carbonyl (C=O) groups excluding carboxylic acids is 3. The monoisotopic (exact) mass is 426 g/mol. The molecule has 1 N–H and O–H groups in total. The maximum absolute atomic E-state index is 13.6. The van der Waals surface area contributed by atoms with Gasteiger partial charge in [-0.1, -0.05) is 72.8 Å². The largest absolute Gasteiger partial charge is 0.350 e. The zero-order valence-electron chi connectivity index (χ0n) is 17.8. The maximum atomic E-state index is 13.6. The average Bonchev–Trinajstić information content (AvgIpc) is 3.61. The number of benzene rings is 2. The second-order valence-electron chi connectivity index (χ2n) is 9.61. The third kappa shape index (κ3) is 3.02. The lowest BCUT2D eigenvalue weighted by atomic mass is 9.63. The summed E-state index contributed by atoms with van der Waals surface area (Å²) in [5, 5.41) is 2.97. The van der Waals surface area contributed by atoms with Crippen molar-refractivity contribution in [2.24, 2.45) is 35.5 Å². The van der Waals surface area contributed by atoms with E-state index < -0.39 is 6.04 Å². The highest BCUT2D eigenvalue weighted by Crippen LogP contribution is 2.65. The number of imide groups is 1. The summed E-state index contributed by atoms with van der Waals surface area (Å²) in [5.74, 6) is 0.236. The highest BCUT2D eigenvalue weighted by molar-refractivity contribution is 6.09. The molecule has 1 aliphatic heterocycles. The van der Waals surface area contributed by atoms with Crippen molar-refractivity contribution in [2.45, 2.75) is 25.4 Å². The van der Waals surface area contributed by atoms with Crippen LogP contribution in [-0.2, 0) is 27.3 Å². The summed E-state index contributed by atoms with van der Waals surface area (Å²) < 4.78 is 0. The molecule has 7 rings (SSSR count). The van der Waals surface area contributed by atoms with Crippen molar-refractivity contribution >= 4 is 17.7 Å². The Morgan fingerprint density at radius 3 is 1.94 bits per heavy atom. The number of likely N-dealkylation sites (tertiary alicyclic amines) is 1. The van der Waals surface area contributed by atoms with Crippen LogP contribution in [0, 0.1) is 35.5 Å². The van der Waals surface area contributed by atoms with E-state index in [1.807, 2.05) is 60.7 Å². The molecule has 2 saturated carbocycles. The first-order valence-corrected chi connectivity index (χ1v) is 11.5. The second kappa shape index (κ2) is 7.44. The summed E-state index contributed by atoms with van der Waals surface area (Å²) in [6, 6.07) is 18.5. The summed E-state index contributed by atoms with van der Waals surface area (Å²) in [4.78, 5) is 41.9. The number of hydrogen-bond donors (Lipinski definition) is 1. The number of carbonyl (C=O) groups is 3. The molecule has 0 unspecified atom stereocenters. The van der Waals surface area contributed by atoms with E-state index in [1.54, 1.807) is 0 Å². The van der Waals surface area contributed by atoms with Gasteiger partial charge in [0.15, 0.2) is 0 Å². The first-order chi connectivity index (χ1) is 15.6. The number of hydrogen-bond acceptors (Lipinski definition) is 3. The predicted octanol–water partition coefficient (Wildman–Crippen LogP) is 2.97. The second-order valence-corrected chi connectivity index (χ2v) is 9.61. The molecule has 1 saturated heterocycles. The van der Waals surface area contributed by atoms with Gasteiger partial charge in [0.05, 0.1) is 11.8 Å². The van der Waals surface area contributed by atoms with Crippen LogP contribution in [0.15, 0.2) is 72.8 Å². The molecule has 162 valence electrons. The summed E-state index contributed by atoms with van der Waals surface area (Å²) in [6.07, 6.45) is 5.78. The molecule has 5 nitrogen and oxygen atoms in total. The summed E-state index contributed by atoms with van der Waals surface area (Å²) in [5.41, 5.74) is 1.92. The lowest BCUT2D eigenvalue weighted by Crippen LogP contribution is -2.51. The third-order valence-corrected chi connectivity index (χ3v) is 7.89. The molecule has 1 heterocycles. The summed E-state index contributed by atoms with van der Waals surface area (Å²) >= 11 is 0. The van der Waals surface area contributed by atoms with Gasteiger partial charge in [-0.15, -0.1) is 0 Å². The van der Waals surface area contributed by atoms with E-state index in [4.69, 9.17) is 0 Å². The van der Waals surface area contributed by atoms with Crippen molar-refractivity contribution in [3.05, 3.63) is 83.9 Å². The molecular weight excluding hydrogens is 400 g/mol. The van der Waals surface area contributed by atoms with Gasteiger partial charge in [0.25, 0.3) is 0 Å². The van der Waals surface area contributed by atoms with Crippen molar-refractivity contribution in [2.75, 3.05) is 0 Å². The predicted molar refractivity (Wildman–Crippen MR) is 119 cm³/mol. The lowest BCUT2D eigenvalue weighted by Gasteiger charge is -2.37.